The van der Waals surface area contributed by atoms with Gasteiger partial charge in [0.2, 0.25) is 0 Å². The molecule has 2 aromatic carbocycles. The molecule has 1 heterocycles. The minimum atomic E-state index is -1.26. The zero-order valence-corrected chi connectivity index (χ0v) is 51.9. The zero-order valence-electron chi connectivity index (χ0n) is 43.2. The Morgan fingerprint density at radius 3 is 2.15 bits per heavy atom. The maximum atomic E-state index is 12.5. The van der Waals surface area contributed by atoms with Gasteiger partial charge in [-0.2, -0.15) is 0 Å². The molecule has 0 bridgehead atoms. The van der Waals surface area contributed by atoms with Crippen molar-refractivity contribution in [3.63, 3.8) is 0 Å². The molecule has 21 heteroatoms. The number of amides is 1. The molecular formula is C51H85N12O6PPb2. The van der Waals surface area contributed by atoms with Crippen molar-refractivity contribution in [1.82, 2.24) is 50.8 Å². The van der Waals surface area contributed by atoms with E-state index in [-0.39, 0.29) is 24.1 Å². The number of benzene rings is 2. The monoisotopic (exact) mass is 1410 g/mol. The third kappa shape index (κ3) is 30.2. The van der Waals surface area contributed by atoms with E-state index < -0.39 is 8.15 Å². The Kier molecular flexibility index (Phi) is 38.9. The number of nitrogens with two attached hydrogens (primary N) is 2. The van der Waals surface area contributed by atoms with Gasteiger partial charge < -0.3 is 35.3 Å². The van der Waals surface area contributed by atoms with Gasteiger partial charge in [-0.25, -0.2) is 0 Å². The Hall–Kier alpha value is -3.27. The number of hydrogen-bond donors (Lipinski definition) is 9. The molecule has 11 N–H and O–H groups in total. The second-order valence-electron chi connectivity index (χ2n) is 16.7. The second-order valence-corrected chi connectivity index (χ2v) is 20.9. The van der Waals surface area contributed by atoms with Crippen molar-refractivity contribution in [1.29, 1.82) is 0 Å². The van der Waals surface area contributed by atoms with Gasteiger partial charge in [-0.05, 0) is 49.1 Å². The Morgan fingerprint density at radius 1 is 0.917 bits per heavy atom. The summed E-state index contributed by atoms with van der Waals surface area (Å²) in [6, 6.07) is 17.8. The quantitative estimate of drug-likeness (QED) is 0.00577. The molecule has 0 aliphatic carbocycles. The summed E-state index contributed by atoms with van der Waals surface area (Å²) >= 11 is 2.07. The fraction of sp³-hybridized carbons (Fsp3) is 0.490. The van der Waals surface area contributed by atoms with Crippen LogP contribution in [0.1, 0.15) is 49.5 Å². The van der Waals surface area contributed by atoms with E-state index in [2.05, 4.69) is 91.1 Å². The number of likely N-dealkylation sites (N-methyl/N-ethyl adjacent to an activating group) is 1. The van der Waals surface area contributed by atoms with Gasteiger partial charge in [-0.1, -0.05) is 81.5 Å². The molecule has 1 fully saturated rings. The van der Waals surface area contributed by atoms with E-state index in [1.807, 2.05) is 61.3 Å². The van der Waals surface area contributed by atoms with Crippen molar-refractivity contribution in [2.75, 3.05) is 114 Å². The first-order valence-electron chi connectivity index (χ1n) is 24.2. The van der Waals surface area contributed by atoms with Crippen LogP contribution in [-0.4, -0.2) is 222 Å². The summed E-state index contributed by atoms with van der Waals surface area (Å²) < 4.78 is 7.91. The van der Waals surface area contributed by atoms with Crippen LogP contribution < -0.4 is 37.6 Å². The molecule has 1 amide bonds. The SMILES string of the molecule is C=CCN1CCN(CC)CN(CC=O)CN(CC(=C)O)C1.C=CNCCCCCCNC(=C)/C(=C/CNC(=O)CN([CH2][Pb])[CH2][Pb])N(N)/C=C(\N)COc1ccc(C(NCc2ccccc2)P(C)O)cc1.CO. The van der Waals surface area contributed by atoms with Crippen molar-refractivity contribution >= 4 is 71.9 Å². The number of carbonyl (C=O) groups is 2. The minimum Gasteiger partial charge on any atom is -0.487 e. The molecular weight excluding hydrogens is 1320 g/mol. The smallest absolute Gasteiger partial charge is 0.487 e. The summed E-state index contributed by atoms with van der Waals surface area (Å²) in [5.41, 5.74) is 10.1. The predicted molar refractivity (Wildman–Crippen MR) is 297 cm³/mol. The number of nitrogens with one attached hydrogen (secondary N) is 4. The van der Waals surface area contributed by atoms with Gasteiger partial charge in [0.15, 0.2) is 0 Å². The zero-order chi connectivity index (χ0) is 53.5. The first kappa shape index (κ1) is 66.7. The Labute approximate surface area is 464 Å². The van der Waals surface area contributed by atoms with Gasteiger partial charge in [0.25, 0.3) is 0 Å². The molecule has 0 spiro atoms. The average Bonchev–Trinajstić information content (AvgIpc) is 3.44. The van der Waals surface area contributed by atoms with Crippen LogP contribution in [0, 0.1) is 0 Å². The van der Waals surface area contributed by atoms with E-state index in [0.29, 0.717) is 62.2 Å². The minimum absolute atomic E-state index is 0.0160. The normalized spacial score (nSPS) is 14.9. The molecule has 72 heavy (non-hydrogen) atoms. The topological polar surface area (TPSA) is 224 Å². The molecule has 2 unspecified atom stereocenters. The molecule has 1 saturated heterocycles. The number of hydrogen-bond acceptors (Lipinski definition) is 17. The van der Waals surface area contributed by atoms with Crippen LogP contribution in [0.2, 0.25) is 0 Å². The van der Waals surface area contributed by atoms with Crippen LogP contribution in [0.5, 0.6) is 5.75 Å². The van der Waals surface area contributed by atoms with Crippen LogP contribution in [-0.2, 0) is 16.1 Å². The fourth-order valence-electron chi connectivity index (χ4n) is 7.22. The van der Waals surface area contributed by atoms with Gasteiger partial charge in [-0.3, -0.25) is 19.6 Å². The van der Waals surface area contributed by atoms with E-state index in [9.17, 15) is 19.6 Å². The van der Waals surface area contributed by atoms with Crippen LogP contribution >= 0.6 is 8.15 Å². The van der Waals surface area contributed by atoms with E-state index in [4.69, 9.17) is 21.4 Å². The first-order chi connectivity index (χ1) is 34.8. The first-order valence-corrected chi connectivity index (χ1v) is 31.5. The summed E-state index contributed by atoms with van der Waals surface area (Å²) in [5, 5.41) is 30.9. The van der Waals surface area contributed by atoms with Gasteiger partial charge in [0, 0.05) is 48.0 Å². The fourth-order valence-corrected chi connectivity index (χ4v) is 13.3. The standard InChI is InChI=1S/C35H53N8O3P.C15H28N4O2.CH4O.2Pb/c1-6-38-21-12-7-8-13-22-39-28(2)33(20-23-40-34(44)26-42(3)4)43(37)25-31(36)27-46-32-18-16-30(17-19-32)35(47(5)45)41-24-29-14-10-9-11-15-29;1-4-6-17-8-7-16(5-2)12-18(9-10-20)14-19(13-17)11-15(3)21;1-2;;/h6,9-11,14-20,25,35,38-39,41,45H,1-4,7-8,12-13,21-24,26-27,36-37H2,5H3,(H,40,44);4,10,21H,1,3,5-9,11-14H2,2H3;2H,1H3;;/b31-25-,33-20-;;;;. The van der Waals surface area contributed by atoms with Gasteiger partial charge in [-0.15, -0.1) is 6.58 Å². The molecule has 2 atom stereocenters. The molecule has 2 aromatic rings. The summed E-state index contributed by atoms with van der Waals surface area (Å²) in [7, 11) is -0.256. The van der Waals surface area contributed by atoms with Crippen molar-refractivity contribution < 1.29 is 29.4 Å². The van der Waals surface area contributed by atoms with Gasteiger partial charge in [0.05, 0.1) is 44.6 Å². The predicted octanol–water partition coefficient (Wildman–Crippen LogP) is 2.97. The number of aliphatic hydroxyl groups excluding tert-OH is 2. The molecule has 0 saturated carbocycles. The molecule has 1 aliphatic heterocycles. The molecule has 18 nitrogen and oxygen atoms in total. The number of nitrogens with zero attached hydrogens (tertiary/aromatic N) is 6. The Bertz CT molecular complexity index is 1880. The van der Waals surface area contributed by atoms with Crippen molar-refractivity contribution in [3.05, 3.63) is 139 Å². The third-order valence-corrected chi connectivity index (χ3v) is 15.6. The molecule has 398 valence electrons. The average molecular weight is 1410 g/mol. The number of aldehydes is 1. The van der Waals surface area contributed by atoms with E-state index in [1.165, 1.54) is 5.01 Å². The van der Waals surface area contributed by atoms with Crippen molar-refractivity contribution in [2.45, 2.75) is 44.9 Å². The van der Waals surface area contributed by atoms with Crippen LogP contribution in [0.25, 0.3) is 0 Å². The number of hydrazine groups is 1. The molecule has 1 aliphatic rings. The summed E-state index contributed by atoms with van der Waals surface area (Å²) in [5.74, 6) is 7.08. The number of unbranched alkanes of at least 4 members (excludes halogenated alkanes) is 3. The number of ether oxygens (including phenoxy) is 1. The van der Waals surface area contributed by atoms with Crippen LogP contribution in [0.4, 0.5) is 0 Å². The molecule has 0 aromatic heterocycles. The van der Waals surface area contributed by atoms with Crippen LogP contribution in [0.3, 0.4) is 0 Å². The molecule has 3 rings (SSSR count). The Morgan fingerprint density at radius 2 is 1.56 bits per heavy atom. The maximum absolute atomic E-state index is 12.5. The van der Waals surface area contributed by atoms with E-state index in [1.54, 1.807) is 12.4 Å². The number of rotatable bonds is 33. The van der Waals surface area contributed by atoms with Crippen molar-refractivity contribution in [3.8, 4) is 5.75 Å². The van der Waals surface area contributed by atoms with E-state index >= 15 is 0 Å². The number of carbonyl (C=O) groups excluding carboxylic acids is 2. The Balaban J connectivity index is 0.000000936. The van der Waals surface area contributed by atoms with Gasteiger partial charge >= 0.3 is 171 Å². The summed E-state index contributed by atoms with van der Waals surface area (Å²) in [6.45, 7) is 29.0. The molecule has 6 radical (unpaired) electrons. The van der Waals surface area contributed by atoms with Crippen molar-refractivity contribution in [2.24, 2.45) is 11.6 Å². The van der Waals surface area contributed by atoms with Gasteiger partial charge in [0.1, 0.15) is 12.0 Å². The van der Waals surface area contributed by atoms with Crippen LogP contribution in [0.15, 0.2) is 128 Å². The number of aliphatic hydroxyl groups is 2. The second kappa shape index (κ2) is 42.0. The summed E-state index contributed by atoms with van der Waals surface area (Å²) in [4.78, 5) is 44.8. The van der Waals surface area contributed by atoms with E-state index in [0.717, 1.165) is 163 Å². The summed E-state index contributed by atoms with van der Waals surface area (Å²) in [6.07, 6.45) is 12.3. The third-order valence-electron chi connectivity index (χ3n) is 10.9.